The minimum absolute atomic E-state index is 1.12. The SMILES string of the molecule is FC=C(F)C(F)(F)F.OF. The first-order valence-electron chi connectivity index (χ1n) is 1.68. The van der Waals surface area contributed by atoms with Crippen molar-refractivity contribution in [3.8, 4) is 0 Å². The van der Waals surface area contributed by atoms with Crippen LogP contribution in [0.15, 0.2) is 12.2 Å². The van der Waals surface area contributed by atoms with E-state index < -0.39 is 18.3 Å². The second-order valence-corrected chi connectivity index (χ2v) is 0.955. The summed E-state index contributed by atoms with van der Waals surface area (Å²) in [6, 6.07) is 0. The lowest BCUT2D eigenvalue weighted by Crippen LogP contribution is -2.06. The largest absolute Gasteiger partial charge is 0.445 e. The van der Waals surface area contributed by atoms with Gasteiger partial charge < -0.3 is 0 Å². The highest BCUT2D eigenvalue weighted by atomic mass is 19.4. The van der Waals surface area contributed by atoms with Crippen LogP contribution in [0.5, 0.6) is 0 Å². The van der Waals surface area contributed by atoms with E-state index in [0.29, 0.717) is 0 Å². The van der Waals surface area contributed by atoms with Gasteiger partial charge in [-0.25, -0.2) is 9.70 Å². The van der Waals surface area contributed by atoms with Crippen LogP contribution in [0.1, 0.15) is 0 Å². The molecule has 0 aliphatic rings. The molecule has 0 rings (SSSR count). The van der Waals surface area contributed by atoms with Crippen LogP contribution in [-0.4, -0.2) is 11.5 Å². The highest BCUT2D eigenvalue weighted by Crippen LogP contribution is 2.25. The third kappa shape index (κ3) is 5.42. The number of alkyl halides is 3. The Balaban J connectivity index is 0. The van der Waals surface area contributed by atoms with Gasteiger partial charge in [-0.05, 0) is 0 Å². The molecule has 0 aromatic rings. The summed E-state index contributed by atoms with van der Waals surface area (Å²) in [6.07, 6.45) is -6.30. The molecule has 0 radical (unpaired) electrons. The molecule has 0 aliphatic carbocycles. The Bertz CT molecular complexity index is 104. The van der Waals surface area contributed by atoms with Crippen LogP contribution in [0.4, 0.5) is 26.5 Å². The van der Waals surface area contributed by atoms with Crippen molar-refractivity contribution in [2.24, 2.45) is 0 Å². The number of allylic oxidation sites excluding steroid dienone is 1. The summed E-state index contributed by atoms with van der Waals surface area (Å²) in [5, 5.41) is 5.50. The summed E-state index contributed by atoms with van der Waals surface area (Å²) < 4.78 is 62.4. The Labute approximate surface area is 51.5 Å². The lowest BCUT2D eigenvalue weighted by atomic mass is 10.6. The van der Waals surface area contributed by atoms with E-state index in [1.165, 1.54) is 0 Å². The monoisotopic (exact) mass is 168 g/mol. The van der Waals surface area contributed by atoms with Gasteiger partial charge >= 0.3 is 6.18 Å². The molecule has 7 heteroatoms. The average Bonchev–Trinajstić information content (AvgIpc) is 1.89. The normalized spacial score (nSPS) is 12.1. The Morgan fingerprint density at radius 2 is 1.50 bits per heavy atom. The van der Waals surface area contributed by atoms with Gasteiger partial charge in [-0.1, -0.05) is 4.53 Å². The molecule has 62 valence electrons. The zero-order valence-corrected chi connectivity index (χ0v) is 4.29. The molecule has 0 amide bonds. The molecule has 0 bridgehead atoms. The molecule has 10 heavy (non-hydrogen) atoms. The van der Waals surface area contributed by atoms with Crippen molar-refractivity contribution in [2.75, 3.05) is 0 Å². The predicted molar refractivity (Wildman–Crippen MR) is 19.7 cm³/mol. The summed E-state index contributed by atoms with van der Waals surface area (Å²) in [6.45, 7) is 0. The van der Waals surface area contributed by atoms with E-state index in [9.17, 15) is 22.0 Å². The van der Waals surface area contributed by atoms with Gasteiger partial charge in [0.25, 0.3) is 0 Å². The maximum atomic E-state index is 11.0. The van der Waals surface area contributed by atoms with Crippen molar-refractivity contribution < 1.29 is 31.8 Å². The van der Waals surface area contributed by atoms with Crippen molar-refractivity contribution in [1.29, 1.82) is 0 Å². The standard InChI is InChI=1S/C3HF5.FHO/c4-1-2(5)3(6,7)8;1-2/h1H;2H. The fraction of sp³-hybridized carbons (Fsp3) is 0.333. The second-order valence-electron chi connectivity index (χ2n) is 0.955. The van der Waals surface area contributed by atoms with Crippen LogP contribution in [-0.2, 0) is 0 Å². The number of hydrogen-bond acceptors (Lipinski definition) is 1. The van der Waals surface area contributed by atoms with E-state index in [2.05, 4.69) is 0 Å². The molecule has 0 fully saturated rings. The van der Waals surface area contributed by atoms with Gasteiger partial charge in [-0.3, -0.25) is 0 Å². The minimum Gasteiger partial charge on any atom is -0.212 e. The third-order valence-corrected chi connectivity index (χ3v) is 0.367. The molecular weight excluding hydrogens is 166 g/mol. The summed E-state index contributed by atoms with van der Waals surface area (Å²) in [4.78, 5) is 0. The van der Waals surface area contributed by atoms with Crippen LogP contribution in [0, 0.1) is 0 Å². The second kappa shape index (κ2) is 5.10. The molecule has 0 saturated carbocycles. The molecule has 0 aliphatic heterocycles. The van der Waals surface area contributed by atoms with Crippen LogP contribution in [0.2, 0.25) is 0 Å². The first-order chi connectivity index (χ1) is 4.48. The minimum atomic E-state index is -5.17. The van der Waals surface area contributed by atoms with Crippen molar-refractivity contribution >= 4 is 0 Å². The maximum absolute atomic E-state index is 11.0. The zero-order chi connectivity index (χ0) is 8.78. The molecule has 0 aromatic carbocycles. The van der Waals surface area contributed by atoms with E-state index >= 15 is 0 Å². The topological polar surface area (TPSA) is 20.2 Å². The molecule has 0 unspecified atom stereocenters. The van der Waals surface area contributed by atoms with Gasteiger partial charge in [-0.15, -0.1) is 0 Å². The fourth-order valence-electron chi connectivity index (χ4n) is 0.0619. The smallest absolute Gasteiger partial charge is 0.212 e. The highest BCUT2D eigenvalue weighted by Gasteiger charge is 2.34. The Kier molecular flexibility index (Phi) is 6.12. The summed E-state index contributed by atoms with van der Waals surface area (Å²) in [7, 11) is 0. The quantitative estimate of drug-likeness (QED) is 0.549. The van der Waals surface area contributed by atoms with Crippen LogP contribution in [0.3, 0.4) is 0 Å². The van der Waals surface area contributed by atoms with E-state index in [0.717, 1.165) is 0 Å². The van der Waals surface area contributed by atoms with Gasteiger partial charge in [0.15, 0.2) is 0 Å². The Morgan fingerprint density at radius 3 is 1.50 bits per heavy atom. The fourth-order valence-corrected chi connectivity index (χ4v) is 0.0619. The zero-order valence-electron chi connectivity index (χ0n) is 4.29. The predicted octanol–water partition coefficient (Wildman–Crippen LogP) is 2.19. The summed E-state index contributed by atoms with van der Waals surface area (Å²) >= 11 is 0. The van der Waals surface area contributed by atoms with Gasteiger partial charge in [0.1, 0.15) is 6.33 Å². The Morgan fingerprint density at radius 1 is 1.20 bits per heavy atom. The molecule has 0 aromatic heterocycles. The average molecular weight is 168 g/mol. The Hall–Kier alpha value is -0.720. The number of halogens is 6. The lowest BCUT2D eigenvalue weighted by Gasteiger charge is -1.97. The van der Waals surface area contributed by atoms with Gasteiger partial charge in [-0.2, -0.15) is 17.6 Å². The summed E-state index contributed by atoms with van der Waals surface area (Å²) in [5.41, 5.74) is 0. The molecular formula is C3H2F6O. The molecule has 0 saturated heterocycles. The van der Waals surface area contributed by atoms with Crippen LogP contribution in [0.25, 0.3) is 0 Å². The maximum Gasteiger partial charge on any atom is 0.445 e. The first kappa shape index (κ1) is 12.0. The first-order valence-corrected chi connectivity index (χ1v) is 1.68. The number of rotatable bonds is 0. The van der Waals surface area contributed by atoms with E-state index in [1.54, 1.807) is 0 Å². The van der Waals surface area contributed by atoms with Crippen LogP contribution >= 0.6 is 0 Å². The van der Waals surface area contributed by atoms with Gasteiger partial charge in [0.05, 0.1) is 0 Å². The van der Waals surface area contributed by atoms with E-state index in [1.807, 2.05) is 0 Å². The number of hydrogen-bond donors (Lipinski definition) is 1. The lowest BCUT2D eigenvalue weighted by molar-refractivity contribution is -0.109. The molecule has 1 nitrogen and oxygen atoms in total. The molecule has 0 atom stereocenters. The molecule has 0 spiro atoms. The molecule has 0 heterocycles. The van der Waals surface area contributed by atoms with E-state index in [-0.39, 0.29) is 0 Å². The van der Waals surface area contributed by atoms with Crippen molar-refractivity contribution in [3.05, 3.63) is 12.2 Å². The van der Waals surface area contributed by atoms with Gasteiger partial charge in [0, 0.05) is 0 Å². The van der Waals surface area contributed by atoms with Crippen molar-refractivity contribution in [2.45, 2.75) is 6.18 Å². The summed E-state index contributed by atoms with van der Waals surface area (Å²) in [5.74, 6) is -2.71. The third-order valence-electron chi connectivity index (χ3n) is 0.367. The van der Waals surface area contributed by atoms with Crippen molar-refractivity contribution in [3.63, 3.8) is 0 Å². The van der Waals surface area contributed by atoms with Crippen LogP contribution < -0.4 is 0 Å². The highest BCUT2D eigenvalue weighted by molar-refractivity contribution is 4.92. The van der Waals surface area contributed by atoms with E-state index in [4.69, 9.17) is 9.84 Å². The molecule has 1 N–H and O–H groups in total. The van der Waals surface area contributed by atoms with Gasteiger partial charge in [0.2, 0.25) is 5.83 Å². The van der Waals surface area contributed by atoms with Crippen molar-refractivity contribution in [1.82, 2.24) is 0 Å².